The molecule has 0 aromatic heterocycles. The molecule has 0 aliphatic carbocycles. The van der Waals surface area contributed by atoms with E-state index in [1.165, 1.54) is 0 Å². The third-order valence-corrected chi connectivity index (χ3v) is 3.60. The summed E-state index contributed by atoms with van der Waals surface area (Å²) in [7, 11) is 0. The van der Waals surface area contributed by atoms with E-state index in [0.717, 1.165) is 16.7 Å². The van der Waals surface area contributed by atoms with Crippen LogP contribution in [0.5, 0.6) is 0 Å². The second kappa shape index (κ2) is 5.51. The number of halogens is 1. The van der Waals surface area contributed by atoms with Crippen LogP contribution in [-0.4, -0.2) is 31.6 Å². The van der Waals surface area contributed by atoms with E-state index in [1.54, 1.807) is 0 Å². The molecule has 1 aromatic carbocycles. The molecule has 0 radical (unpaired) electrons. The van der Waals surface area contributed by atoms with Crippen molar-refractivity contribution in [1.82, 2.24) is 5.32 Å². The van der Waals surface area contributed by atoms with Crippen molar-refractivity contribution >= 4 is 27.5 Å². The molecular weight excluding hydrogens is 282 g/mol. The van der Waals surface area contributed by atoms with E-state index in [9.17, 15) is 4.79 Å². The van der Waals surface area contributed by atoms with Crippen LogP contribution in [0.15, 0.2) is 28.7 Å². The lowest BCUT2D eigenvalue weighted by Gasteiger charge is -2.37. The molecule has 0 bridgehead atoms. The predicted octanol–water partition coefficient (Wildman–Crippen LogP) is 1.10. The quantitative estimate of drug-likeness (QED) is 0.878. The number of nitrogens with two attached hydrogens (primary N) is 1. The van der Waals surface area contributed by atoms with Gasteiger partial charge in [0.2, 0.25) is 5.91 Å². The Hall–Kier alpha value is -1.07. The van der Waals surface area contributed by atoms with E-state index in [-0.39, 0.29) is 11.9 Å². The van der Waals surface area contributed by atoms with Crippen LogP contribution in [0, 0.1) is 0 Å². The maximum Gasteiger partial charge on any atom is 0.242 e. The van der Waals surface area contributed by atoms with E-state index < -0.39 is 0 Å². The van der Waals surface area contributed by atoms with Gasteiger partial charge in [0, 0.05) is 17.6 Å². The SMILES string of the molecule is NCCC1C(=O)NCCN1c1ccccc1Br. The van der Waals surface area contributed by atoms with E-state index in [0.29, 0.717) is 19.5 Å². The lowest BCUT2D eigenvalue weighted by atomic mass is 10.1. The van der Waals surface area contributed by atoms with Crippen LogP contribution in [0.25, 0.3) is 0 Å². The number of amides is 1. The topological polar surface area (TPSA) is 58.4 Å². The molecule has 1 aliphatic heterocycles. The predicted molar refractivity (Wildman–Crippen MR) is 72.0 cm³/mol. The molecule has 17 heavy (non-hydrogen) atoms. The highest BCUT2D eigenvalue weighted by Gasteiger charge is 2.29. The largest absolute Gasteiger partial charge is 0.357 e. The molecule has 2 rings (SSSR count). The molecule has 4 nitrogen and oxygen atoms in total. The second-order valence-electron chi connectivity index (χ2n) is 4.03. The Morgan fingerprint density at radius 1 is 1.47 bits per heavy atom. The number of carbonyl (C=O) groups excluding carboxylic acids is 1. The number of hydrogen-bond acceptors (Lipinski definition) is 3. The number of anilines is 1. The molecule has 1 heterocycles. The Bertz CT molecular complexity index is 410. The van der Waals surface area contributed by atoms with E-state index in [1.807, 2.05) is 24.3 Å². The van der Waals surface area contributed by atoms with Crippen LogP contribution in [0.4, 0.5) is 5.69 Å². The minimum absolute atomic E-state index is 0.0671. The van der Waals surface area contributed by atoms with Crippen LogP contribution in [-0.2, 0) is 4.79 Å². The summed E-state index contributed by atoms with van der Waals surface area (Å²) in [5.74, 6) is 0.0671. The molecule has 1 aliphatic rings. The first-order valence-electron chi connectivity index (χ1n) is 5.73. The number of nitrogens with one attached hydrogen (secondary N) is 1. The first kappa shape index (κ1) is 12.4. The van der Waals surface area contributed by atoms with E-state index in [4.69, 9.17) is 5.73 Å². The van der Waals surface area contributed by atoms with Crippen LogP contribution < -0.4 is 16.0 Å². The monoisotopic (exact) mass is 297 g/mol. The summed E-state index contributed by atoms with van der Waals surface area (Å²) in [4.78, 5) is 14.0. The van der Waals surface area contributed by atoms with Crippen LogP contribution in [0.1, 0.15) is 6.42 Å². The van der Waals surface area contributed by atoms with Crippen molar-refractivity contribution in [2.75, 3.05) is 24.5 Å². The summed E-state index contributed by atoms with van der Waals surface area (Å²) >= 11 is 3.53. The van der Waals surface area contributed by atoms with Gasteiger partial charge in [-0.1, -0.05) is 12.1 Å². The molecule has 1 fully saturated rings. The van der Waals surface area contributed by atoms with E-state index >= 15 is 0 Å². The summed E-state index contributed by atoms with van der Waals surface area (Å²) in [5.41, 5.74) is 6.64. The summed E-state index contributed by atoms with van der Waals surface area (Å²) in [6.45, 7) is 2.01. The Morgan fingerprint density at radius 2 is 2.24 bits per heavy atom. The smallest absolute Gasteiger partial charge is 0.242 e. The van der Waals surface area contributed by atoms with Crippen molar-refractivity contribution in [3.8, 4) is 0 Å². The lowest BCUT2D eigenvalue weighted by Crippen LogP contribution is -2.56. The minimum atomic E-state index is -0.160. The van der Waals surface area contributed by atoms with Gasteiger partial charge in [0.25, 0.3) is 0 Å². The van der Waals surface area contributed by atoms with Gasteiger partial charge in [-0.05, 0) is 41.0 Å². The molecule has 5 heteroatoms. The normalized spacial score (nSPS) is 20.2. The number of benzene rings is 1. The molecule has 1 atom stereocenters. The Kier molecular flexibility index (Phi) is 4.02. The molecular formula is C12H16BrN3O. The Balaban J connectivity index is 2.28. The van der Waals surface area contributed by atoms with Gasteiger partial charge >= 0.3 is 0 Å². The second-order valence-corrected chi connectivity index (χ2v) is 4.88. The van der Waals surface area contributed by atoms with Gasteiger partial charge in [0.05, 0.1) is 5.69 Å². The first-order chi connectivity index (χ1) is 8.24. The fourth-order valence-corrected chi connectivity index (χ4v) is 2.65. The fraction of sp³-hybridized carbons (Fsp3) is 0.417. The number of hydrogen-bond donors (Lipinski definition) is 2. The minimum Gasteiger partial charge on any atom is -0.357 e. The molecule has 1 unspecified atom stereocenters. The highest BCUT2D eigenvalue weighted by molar-refractivity contribution is 9.10. The van der Waals surface area contributed by atoms with Crippen molar-refractivity contribution in [3.05, 3.63) is 28.7 Å². The number of piperazine rings is 1. The summed E-state index contributed by atoms with van der Waals surface area (Å²) in [5, 5.41) is 2.88. The van der Waals surface area contributed by atoms with Gasteiger partial charge in [0.15, 0.2) is 0 Å². The Morgan fingerprint density at radius 3 is 2.94 bits per heavy atom. The molecule has 1 aromatic rings. The average molecular weight is 298 g/mol. The zero-order valence-electron chi connectivity index (χ0n) is 9.53. The number of nitrogens with zero attached hydrogens (tertiary/aromatic N) is 1. The van der Waals surface area contributed by atoms with Crippen LogP contribution in [0.3, 0.4) is 0 Å². The third-order valence-electron chi connectivity index (χ3n) is 2.93. The number of carbonyl (C=O) groups is 1. The molecule has 0 spiro atoms. The van der Waals surface area contributed by atoms with Crippen molar-refractivity contribution in [3.63, 3.8) is 0 Å². The summed E-state index contributed by atoms with van der Waals surface area (Å²) in [6.07, 6.45) is 0.674. The third kappa shape index (κ3) is 2.61. The zero-order valence-corrected chi connectivity index (χ0v) is 11.1. The maximum atomic E-state index is 11.9. The molecule has 3 N–H and O–H groups in total. The van der Waals surface area contributed by atoms with Gasteiger partial charge in [-0.25, -0.2) is 0 Å². The molecule has 1 amide bonds. The molecule has 1 saturated heterocycles. The molecule has 92 valence electrons. The number of para-hydroxylation sites is 1. The summed E-state index contributed by atoms with van der Waals surface area (Å²) < 4.78 is 1.01. The Labute approximate surface area is 109 Å². The van der Waals surface area contributed by atoms with Gasteiger partial charge in [0.1, 0.15) is 6.04 Å². The molecule has 0 saturated carbocycles. The lowest BCUT2D eigenvalue weighted by molar-refractivity contribution is -0.123. The van der Waals surface area contributed by atoms with Crippen LogP contribution >= 0.6 is 15.9 Å². The summed E-state index contributed by atoms with van der Waals surface area (Å²) in [6, 6.07) is 7.79. The standard InChI is InChI=1S/C12H16BrN3O/c13-9-3-1-2-4-10(9)16-8-7-15-12(17)11(16)5-6-14/h1-4,11H,5-8,14H2,(H,15,17). The van der Waals surface area contributed by atoms with Gasteiger partial charge in [-0.3, -0.25) is 4.79 Å². The van der Waals surface area contributed by atoms with Crippen molar-refractivity contribution in [1.29, 1.82) is 0 Å². The van der Waals surface area contributed by atoms with Crippen molar-refractivity contribution in [2.45, 2.75) is 12.5 Å². The van der Waals surface area contributed by atoms with Crippen molar-refractivity contribution in [2.24, 2.45) is 5.73 Å². The average Bonchev–Trinajstić information content (AvgIpc) is 2.33. The highest BCUT2D eigenvalue weighted by Crippen LogP contribution is 2.28. The number of rotatable bonds is 3. The highest BCUT2D eigenvalue weighted by atomic mass is 79.9. The van der Waals surface area contributed by atoms with E-state index in [2.05, 4.69) is 26.1 Å². The van der Waals surface area contributed by atoms with Gasteiger partial charge in [-0.15, -0.1) is 0 Å². The zero-order chi connectivity index (χ0) is 12.3. The van der Waals surface area contributed by atoms with Gasteiger partial charge in [-0.2, -0.15) is 0 Å². The first-order valence-corrected chi connectivity index (χ1v) is 6.52. The van der Waals surface area contributed by atoms with Crippen LogP contribution in [0.2, 0.25) is 0 Å². The van der Waals surface area contributed by atoms with Crippen molar-refractivity contribution < 1.29 is 4.79 Å². The van der Waals surface area contributed by atoms with Gasteiger partial charge < -0.3 is 16.0 Å². The fourth-order valence-electron chi connectivity index (χ4n) is 2.13. The maximum absolute atomic E-state index is 11.9.